The summed E-state index contributed by atoms with van der Waals surface area (Å²) in [6.07, 6.45) is 0. The number of fused-ring (bicyclic) bond motifs is 1. The summed E-state index contributed by atoms with van der Waals surface area (Å²) in [6.45, 7) is 5.21. The zero-order chi connectivity index (χ0) is 15.9. The Labute approximate surface area is 128 Å². The molecule has 0 aliphatic carbocycles. The largest absolute Gasteiger partial charge is 0.486 e. The molecule has 3 rings (SSSR count). The highest BCUT2D eigenvalue weighted by atomic mass is 16.6. The summed E-state index contributed by atoms with van der Waals surface area (Å²) in [4.78, 5) is 11.1. The van der Waals surface area contributed by atoms with Gasteiger partial charge in [0.25, 0.3) is 0 Å². The number of rotatable bonds is 3. The third kappa shape index (κ3) is 2.30. The van der Waals surface area contributed by atoms with Crippen molar-refractivity contribution in [1.82, 2.24) is 9.78 Å². The number of hydrogen-bond acceptors (Lipinski definition) is 4. The summed E-state index contributed by atoms with van der Waals surface area (Å²) in [5, 5.41) is 13.2. The number of aromatic carboxylic acids is 1. The Morgan fingerprint density at radius 1 is 1.32 bits per heavy atom. The second-order valence-electron chi connectivity index (χ2n) is 5.55. The molecule has 1 aromatic carbocycles. The van der Waals surface area contributed by atoms with Crippen LogP contribution in [0.25, 0.3) is 11.3 Å². The Balaban J connectivity index is 2.20. The van der Waals surface area contributed by atoms with E-state index in [2.05, 4.69) is 18.9 Å². The molecule has 1 aliphatic rings. The van der Waals surface area contributed by atoms with E-state index in [0.29, 0.717) is 13.2 Å². The molecule has 22 heavy (non-hydrogen) atoms. The Morgan fingerprint density at radius 2 is 2.05 bits per heavy atom. The monoisotopic (exact) mass is 302 g/mol. The quantitative estimate of drug-likeness (QED) is 0.943. The number of carboxylic acid groups (broad SMARTS) is 1. The van der Waals surface area contributed by atoms with Crippen molar-refractivity contribution in [3.05, 3.63) is 29.5 Å². The zero-order valence-electron chi connectivity index (χ0n) is 12.8. The van der Waals surface area contributed by atoms with Gasteiger partial charge in [-0.05, 0) is 24.1 Å². The summed E-state index contributed by atoms with van der Waals surface area (Å²) in [5.74, 6) is 0.650. The topological polar surface area (TPSA) is 73.6 Å². The van der Waals surface area contributed by atoms with Crippen LogP contribution in [-0.4, -0.2) is 34.1 Å². The predicted octanol–water partition coefficient (Wildman–Crippen LogP) is 2.68. The van der Waals surface area contributed by atoms with Crippen LogP contribution in [0.3, 0.4) is 0 Å². The van der Waals surface area contributed by atoms with Crippen LogP contribution in [0.4, 0.5) is 0 Å². The molecule has 1 aliphatic heterocycles. The standard InChI is InChI=1S/C16H18N2O4/c1-9(2)14-10(4-5-13-15(14)22-7-6-21-13)12-8-11(16(19)20)17-18(12)3/h4-5,8-9H,6-7H2,1-3H3,(H,19,20). The molecule has 0 fully saturated rings. The van der Waals surface area contributed by atoms with E-state index < -0.39 is 5.97 Å². The average molecular weight is 302 g/mol. The number of aryl methyl sites for hydroxylation is 1. The summed E-state index contributed by atoms with van der Waals surface area (Å²) in [7, 11) is 1.74. The summed E-state index contributed by atoms with van der Waals surface area (Å²) in [5.41, 5.74) is 2.71. The van der Waals surface area contributed by atoms with Crippen molar-refractivity contribution in [2.24, 2.45) is 7.05 Å². The van der Waals surface area contributed by atoms with E-state index in [9.17, 15) is 4.79 Å². The van der Waals surface area contributed by atoms with Gasteiger partial charge in [-0.3, -0.25) is 4.68 Å². The van der Waals surface area contributed by atoms with Gasteiger partial charge in [0.2, 0.25) is 0 Å². The fourth-order valence-electron chi connectivity index (χ4n) is 2.76. The first-order valence-electron chi connectivity index (χ1n) is 7.19. The molecule has 0 saturated heterocycles. The highest BCUT2D eigenvalue weighted by molar-refractivity contribution is 5.87. The minimum absolute atomic E-state index is 0.0297. The van der Waals surface area contributed by atoms with Crippen LogP contribution >= 0.6 is 0 Å². The molecular weight excluding hydrogens is 284 g/mol. The second-order valence-corrected chi connectivity index (χ2v) is 5.55. The molecule has 0 atom stereocenters. The van der Waals surface area contributed by atoms with Crippen LogP contribution in [0.1, 0.15) is 35.8 Å². The number of aromatic nitrogens is 2. The number of carbonyl (C=O) groups is 1. The van der Waals surface area contributed by atoms with Gasteiger partial charge in [-0.2, -0.15) is 5.10 Å². The molecule has 6 nitrogen and oxygen atoms in total. The van der Waals surface area contributed by atoms with E-state index in [0.717, 1.165) is 28.3 Å². The highest BCUT2D eigenvalue weighted by Gasteiger charge is 2.24. The summed E-state index contributed by atoms with van der Waals surface area (Å²) < 4.78 is 13.0. The molecule has 0 spiro atoms. The maximum Gasteiger partial charge on any atom is 0.356 e. The molecule has 116 valence electrons. The van der Waals surface area contributed by atoms with Gasteiger partial charge in [0.05, 0.1) is 5.69 Å². The van der Waals surface area contributed by atoms with Gasteiger partial charge in [-0.1, -0.05) is 13.8 Å². The molecule has 6 heteroatoms. The van der Waals surface area contributed by atoms with Crippen molar-refractivity contribution in [2.45, 2.75) is 19.8 Å². The maximum atomic E-state index is 11.1. The predicted molar refractivity (Wildman–Crippen MR) is 80.7 cm³/mol. The smallest absolute Gasteiger partial charge is 0.356 e. The number of hydrogen-bond donors (Lipinski definition) is 1. The van der Waals surface area contributed by atoms with Gasteiger partial charge >= 0.3 is 5.97 Å². The van der Waals surface area contributed by atoms with Gasteiger partial charge in [0.15, 0.2) is 17.2 Å². The molecule has 2 aromatic rings. The van der Waals surface area contributed by atoms with Crippen LogP contribution in [0.15, 0.2) is 18.2 Å². The van der Waals surface area contributed by atoms with Gasteiger partial charge in [-0.15, -0.1) is 0 Å². The highest BCUT2D eigenvalue weighted by Crippen LogP contribution is 2.43. The molecular formula is C16H18N2O4. The lowest BCUT2D eigenvalue weighted by molar-refractivity contribution is 0.0689. The third-order valence-electron chi connectivity index (χ3n) is 3.70. The lowest BCUT2D eigenvalue weighted by atomic mass is 9.93. The lowest BCUT2D eigenvalue weighted by Gasteiger charge is -2.24. The maximum absolute atomic E-state index is 11.1. The normalized spacial score (nSPS) is 13.5. The first-order chi connectivity index (χ1) is 10.5. The second kappa shape index (κ2) is 5.36. The molecule has 0 unspecified atom stereocenters. The van der Waals surface area contributed by atoms with Crippen molar-refractivity contribution in [3.63, 3.8) is 0 Å². The molecule has 2 heterocycles. The van der Waals surface area contributed by atoms with Crippen molar-refractivity contribution in [2.75, 3.05) is 13.2 Å². The van der Waals surface area contributed by atoms with Gasteiger partial charge in [0, 0.05) is 18.2 Å². The Hall–Kier alpha value is -2.50. The molecule has 1 N–H and O–H groups in total. The van der Waals surface area contributed by atoms with E-state index in [1.807, 2.05) is 12.1 Å². The molecule has 0 radical (unpaired) electrons. The number of carboxylic acids is 1. The Morgan fingerprint density at radius 3 is 2.68 bits per heavy atom. The van der Waals surface area contributed by atoms with E-state index in [1.54, 1.807) is 17.8 Å². The molecule has 0 saturated carbocycles. The van der Waals surface area contributed by atoms with Crippen LogP contribution in [0.2, 0.25) is 0 Å². The van der Waals surface area contributed by atoms with Crippen LogP contribution < -0.4 is 9.47 Å². The first-order valence-corrected chi connectivity index (χ1v) is 7.19. The molecule has 1 aromatic heterocycles. The minimum atomic E-state index is -1.04. The summed E-state index contributed by atoms with van der Waals surface area (Å²) >= 11 is 0. The first kappa shape index (κ1) is 14.4. The van der Waals surface area contributed by atoms with E-state index in [1.165, 1.54) is 0 Å². The van der Waals surface area contributed by atoms with E-state index in [4.69, 9.17) is 14.6 Å². The fourth-order valence-corrected chi connectivity index (χ4v) is 2.76. The average Bonchev–Trinajstić information content (AvgIpc) is 2.88. The molecule has 0 bridgehead atoms. The van der Waals surface area contributed by atoms with Crippen molar-refractivity contribution < 1.29 is 19.4 Å². The van der Waals surface area contributed by atoms with E-state index >= 15 is 0 Å². The number of ether oxygens (including phenoxy) is 2. The Bertz CT molecular complexity index is 734. The third-order valence-corrected chi connectivity index (χ3v) is 3.70. The van der Waals surface area contributed by atoms with Crippen molar-refractivity contribution >= 4 is 5.97 Å². The fraction of sp³-hybridized carbons (Fsp3) is 0.375. The lowest BCUT2D eigenvalue weighted by Crippen LogP contribution is -2.17. The number of benzene rings is 1. The summed E-state index contributed by atoms with van der Waals surface area (Å²) in [6, 6.07) is 5.38. The van der Waals surface area contributed by atoms with Crippen molar-refractivity contribution in [3.8, 4) is 22.8 Å². The number of nitrogens with zero attached hydrogens (tertiary/aromatic N) is 2. The van der Waals surface area contributed by atoms with Gasteiger partial charge < -0.3 is 14.6 Å². The van der Waals surface area contributed by atoms with Crippen molar-refractivity contribution in [1.29, 1.82) is 0 Å². The van der Waals surface area contributed by atoms with Gasteiger partial charge in [0.1, 0.15) is 13.2 Å². The SMILES string of the molecule is CC(C)c1c(-c2cc(C(=O)O)nn2C)ccc2c1OCCO2. The van der Waals surface area contributed by atoms with Crippen LogP contribution in [0.5, 0.6) is 11.5 Å². The van der Waals surface area contributed by atoms with E-state index in [-0.39, 0.29) is 11.6 Å². The van der Waals surface area contributed by atoms with Gasteiger partial charge in [-0.25, -0.2) is 4.79 Å². The Kier molecular flexibility index (Phi) is 3.52. The zero-order valence-corrected chi connectivity index (χ0v) is 12.8. The van der Waals surface area contributed by atoms with Crippen LogP contribution in [-0.2, 0) is 7.05 Å². The minimum Gasteiger partial charge on any atom is -0.486 e. The van der Waals surface area contributed by atoms with Crippen LogP contribution in [0, 0.1) is 0 Å². The molecule has 0 amide bonds.